The first-order valence-electron chi connectivity index (χ1n) is 4.33. The molecule has 3 heteroatoms. The van der Waals surface area contributed by atoms with Gasteiger partial charge in [0.05, 0.1) is 10.9 Å². The second kappa shape index (κ2) is 2.48. The topological polar surface area (TPSA) is 42.3 Å². The molecule has 66 valence electrons. The minimum Gasteiger partial charge on any atom is -0.267 e. The fourth-order valence-electron chi connectivity index (χ4n) is 1.69. The van der Waals surface area contributed by atoms with Gasteiger partial charge in [-0.1, -0.05) is 6.07 Å². The van der Waals surface area contributed by atoms with Gasteiger partial charge in [0.15, 0.2) is 0 Å². The highest BCUT2D eigenvalue weighted by Crippen LogP contribution is 2.03. The average Bonchev–Trinajstić information content (AvgIpc) is 2.59. The number of rotatable bonds is 0. The van der Waals surface area contributed by atoms with Crippen LogP contribution in [0.1, 0.15) is 0 Å². The zero-order valence-corrected chi connectivity index (χ0v) is 7.27. The van der Waals surface area contributed by atoms with Crippen molar-refractivity contribution in [3.63, 3.8) is 0 Å². The molecule has 2 heterocycles. The van der Waals surface area contributed by atoms with E-state index in [1.54, 1.807) is 12.3 Å². The number of fused-ring (bicyclic) bond motifs is 3. The van der Waals surface area contributed by atoms with Gasteiger partial charge in [0.1, 0.15) is 0 Å². The minimum atomic E-state index is -0.184. The van der Waals surface area contributed by atoms with Crippen LogP contribution in [0.5, 0.6) is 0 Å². The molecule has 3 nitrogen and oxygen atoms in total. The van der Waals surface area contributed by atoms with Crippen molar-refractivity contribution in [1.29, 1.82) is 0 Å². The second-order valence-electron chi connectivity index (χ2n) is 3.16. The number of nitrogens with zero attached hydrogens (tertiary/aromatic N) is 2. The molecular weight excluding hydrogens is 176 g/mol. The van der Waals surface area contributed by atoms with Gasteiger partial charge < -0.3 is 0 Å². The van der Waals surface area contributed by atoms with Gasteiger partial charge in [0.25, 0.3) is 5.91 Å². The van der Waals surface area contributed by atoms with E-state index in [1.807, 2.05) is 24.3 Å². The first kappa shape index (κ1) is 7.38. The predicted molar refractivity (Wildman–Crippen MR) is 52.0 cm³/mol. The smallest absolute Gasteiger partial charge is 0.267 e. The van der Waals surface area contributed by atoms with E-state index in [1.165, 1.54) is 0 Å². The molecule has 0 N–H and O–H groups in total. The zero-order valence-electron chi connectivity index (χ0n) is 7.27. The van der Waals surface area contributed by atoms with Crippen molar-refractivity contribution in [2.75, 3.05) is 0 Å². The van der Waals surface area contributed by atoms with Crippen LogP contribution in [0.2, 0.25) is 0 Å². The third-order valence-electron chi connectivity index (χ3n) is 2.30. The Kier molecular flexibility index (Phi) is 1.31. The largest absolute Gasteiger partial charge is 0.270 e. The van der Waals surface area contributed by atoms with Crippen LogP contribution in [0.3, 0.4) is 0 Å². The summed E-state index contributed by atoms with van der Waals surface area (Å²) in [6.07, 6.45) is 3.29. The summed E-state index contributed by atoms with van der Waals surface area (Å²) in [5.41, 5.74) is 0.896. The van der Waals surface area contributed by atoms with Crippen LogP contribution in [0.4, 0.5) is 0 Å². The van der Waals surface area contributed by atoms with E-state index in [2.05, 4.69) is 9.98 Å². The van der Waals surface area contributed by atoms with Gasteiger partial charge >= 0.3 is 0 Å². The van der Waals surface area contributed by atoms with Crippen molar-refractivity contribution in [2.24, 2.45) is 4.99 Å². The van der Waals surface area contributed by atoms with Gasteiger partial charge in [0, 0.05) is 22.9 Å². The van der Waals surface area contributed by atoms with Gasteiger partial charge in [-0.15, -0.1) is 0 Å². The Balaban J connectivity index is 2.65. The summed E-state index contributed by atoms with van der Waals surface area (Å²) in [7, 11) is 0. The Morgan fingerprint density at radius 2 is 2.07 bits per heavy atom. The van der Waals surface area contributed by atoms with Crippen molar-refractivity contribution in [3.8, 4) is 0 Å². The first-order chi connectivity index (χ1) is 6.84. The van der Waals surface area contributed by atoms with E-state index in [-0.39, 0.29) is 5.91 Å². The molecule has 0 aliphatic carbocycles. The molecule has 0 saturated carbocycles. The number of carbonyl (C=O) groups excluding carboxylic acids is 1. The Hall–Kier alpha value is -2.03. The second-order valence-corrected chi connectivity index (χ2v) is 3.16. The lowest BCUT2D eigenvalue weighted by atomic mass is 10.1. The predicted octanol–water partition coefficient (Wildman–Crippen LogP) is 0.175. The standard InChI is InChI=1S/C11H6N2O/c14-11-6-8-7-2-1-5-12-9(7)3-4-10(8)13-11/h1-6H. The lowest BCUT2D eigenvalue weighted by Gasteiger charge is -1.94. The van der Waals surface area contributed by atoms with Crippen LogP contribution in [0.15, 0.2) is 35.5 Å². The number of benzene rings is 1. The van der Waals surface area contributed by atoms with E-state index in [9.17, 15) is 4.79 Å². The normalized spacial score (nSPS) is 13.6. The molecule has 1 aromatic heterocycles. The first-order valence-corrected chi connectivity index (χ1v) is 4.33. The van der Waals surface area contributed by atoms with Crippen molar-refractivity contribution >= 4 is 22.9 Å². The molecule has 3 rings (SSSR count). The van der Waals surface area contributed by atoms with Gasteiger partial charge in [-0.2, -0.15) is 0 Å². The van der Waals surface area contributed by atoms with Crippen molar-refractivity contribution < 1.29 is 4.79 Å². The van der Waals surface area contributed by atoms with Crippen LogP contribution in [0.25, 0.3) is 17.0 Å². The molecule has 0 bridgehead atoms. The summed E-state index contributed by atoms with van der Waals surface area (Å²) < 4.78 is 0. The van der Waals surface area contributed by atoms with Gasteiger partial charge in [-0.3, -0.25) is 9.78 Å². The maximum absolute atomic E-state index is 11.1. The van der Waals surface area contributed by atoms with Crippen LogP contribution < -0.4 is 10.6 Å². The molecule has 0 saturated heterocycles. The maximum Gasteiger partial charge on any atom is 0.270 e. The number of carbonyl (C=O) groups is 1. The summed E-state index contributed by atoms with van der Waals surface area (Å²) >= 11 is 0. The number of amides is 1. The number of aromatic nitrogens is 1. The lowest BCUT2D eigenvalue weighted by Crippen LogP contribution is -2.21. The number of pyridine rings is 1. The van der Waals surface area contributed by atoms with E-state index in [0.29, 0.717) is 0 Å². The summed E-state index contributed by atoms with van der Waals surface area (Å²) in [6.45, 7) is 0. The fraction of sp³-hybridized carbons (Fsp3) is 0. The molecule has 1 aliphatic rings. The minimum absolute atomic E-state index is 0.184. The molecule has 0 radical (unpaired) electrons. The third-order valence-corrected chi connectivity index (χ3v) is 2.30. The quantitative estimate of drug-likeness (QED) is 0.583. The average molecular weight is 182 g/mol. The van der Waals surface area contributed by atoms with Crippen molar-refractivity contribution in [1.82, 2.24) is 4.98 Å². The molecule has 0 unspecified atom stereocenters. The molecule has 2 aromatic rings. The van der Waals surface area contributed by atoms with Gasteiger partial charge in [-0.25, -0.2) is 4.99 Å². The zero-order chi connectivity index (χ0) is 9.54. The number of hydrogen-bond donors (Lipinski definition) is 0. The van der Waals surface area contributed by atoms with Crippen LogP contribution >= 0.6 is 0 Å². The van der Waals surface area contributed by atoms with Crippen molar-refractivity contribution in [2.45, 2.75) is 0 Å². The Labute approximate surface area is 79.4 Å². The molecule has 1 amide bonds. The molecule has 1 aromatic carbocycles. The summed E-state index contributed by atoms with van der Waals surface area (Å²) in [5.74, 6) is -0.184. The van der Waals surface area contributed by atoms with Gasteiger partial charge in [0.2, 0.25) is 0 Å². The summed E-state index contributed by atoms with van der Waals surface area (Å²) in [4.78, 5) is 19.2. The highest BCUT2D eigenvalue weighted by molar-refractivity contribution is 6.08. The SMILES string of the molecule is O=C1C=c2c(ccc3ncccc23)=N1. The van der Waals surface area contributed by atoms with Crippen LogP contribution in [-0.4, -0.2) is 10.9 Å². The molecule has 0 atom stereocenters. The lowest BCUT2D eigenvalue weighted by molar-refractivity contribution is -0.112. The van der Waals surface area contributed by atoms with Crippen molar-refractivity contribution in [3.05, 3.63) is 41.0 Å². The highest BCUT2D eigenvalue weighted by atomic mass is 16.1. The third kappa shape index (κ3) is 0.893. The molecule has 1 aliphatic heterocycles. The number of hydrogen-bond acceptors (Lipinski definition) is 2. The van der Waals surface area contributed by atoms with E-state index in [4.69, 9.17) is 0 Å². The van der Waals surface area contributed by atoms with Crippen LogP contribution in [0, 0.1) is 0 Å². The van der Waals surface area contributed by atoms with E-state index < -0.39 is 0 Å². The molecular formula is C11H6N2O. The summed E-state index contributed by atoms with van der Waals surface area (Å²) in [5, 5.41) is 2.62. The van der Waals surface area contributed by atoms with E-state index >= 15 is 0 Å². The van der Waals surface area contributed by atoms with E-state index in [0.717, 1.165) is 21.5 Å². The Morgan fingerprint density at radius 3 is 3.00 bits per heavy atom. The Morgan fingerprint density at radius 1 is 1.14 bits per heavy atom. The molecule has 0 spiro atoms. The monoisotopic (exact) mass is 182 g/mol. The van der Waals surface area contributed by atoms with Crippen LogP contribution in [-0.2, 0) is 4.79 Å². The Bertz CT molecular complexity index is 659. The molecule has 14 heavy (non-hydrogen) atoms. The summed E-state index contributed by atoms with van der Waals surface area (Å²) in [6, 6.07) is 7.52. The fourth-order valence-corrected chi connectivity index (χ4v) is 1.69. The highest BCUT2D eigenvalue weighted by Gasteiger charge is 2.05. The molecule has 0 fully saturated rings. The van der Waals surface area contributed by atoms with Gasteiger partial charge in [-0.05, 0) is 18.2 Å². The maximum atomic E-state index is 11.1.